The second-order valence-electron chi connectivity index (χ2n) is 7.67. The maximum Gasteiger partial charge on any atom is 0.459 e. The van der Waals surface area contributed by atoms with E-state index in [9.17, 15) is 36.3 Å². The highest BCUT2D eigenvalue weighted by atomic mass is 19.4. The van der Waals surface area contributed by atoms with Crippen molar-refractivity contribution in [3.63, 3.8) is 0 Å². The van der Waals surface area contributed by atoms with Crippen LogP contribution in [0.1, 0.15) is 47.4 Å². The standard InChI is InChI=1S/C20H20F5NO4/c1-30-8-2-3-13-12(6-7-14(26-13)19(21,22)20(23,24)25)18(29)15-16(27)10-4-5-11(9-10)17(15)28/h6-7,10-11,15H,2-5,8-9H2,1H3. The van der Waals surface area contributed by atoms with Crippen LogP contribution in [0.3, 0.4) is 0 Å². The third-order valence-corrected chi connectivity index (χ3v) is 5.75. The summed E-state index contributed by atoms with van der Waals surface area (Å²) in [6.07, 6.45) is -4.37. The molecule has 2 aliphatic rings. The molecule has 10 heteroatoms. The van der Waals surface area contributed by atoms with Gasteiger partial charge in [-0.05, 0) is 44.2 Å². The number of aryl methyl sites for hydroxylation is 1. The van der Waals surface area contributed by atoms with Gasteiger partial charge in [-0.15, -0.1) is 0 Å². The Bertz CT molecular complexity index is 845. The number of pyridine rings is 1. The van der Waals surface area contributed by atoms with Gasteiger partial charge >= 0.3 is 12.1 Å². The van der Waals surface area contributed by atoms with E-state index in [1.165, 1.54) is 7.11 Å². The van der Waals surface area contributed by atoms with E-state index in [4.69, 9.17) is 4.74 Å². The maximum absolute atomic E-state index is 13.7. The average Bonchev–Trinajstić information content (AvgIpc) is 3.13. The molecule has 0 spiro atoms. The summed E-state index contributed by atoms with van der Waals surface area (Å²) in [6, 6.07) is 1.23. The van der Waals surface area contributed by atoms with Crippen LogP contribution in [0.2, 0.25) is 0 Å². The molecule has 30 heavy (non-hydrogen) atoms. The number of hydrogen-bond donors (Lipinski definition) is 0. The Balaban J connectivity index is 1.99. The van der Waals surface area contributed by atoms with Crippen molar-refractivity contribution in [3.8, 4) is 0 Å². The van der Waals surface area contributed by atoms with E-state index in [0.717, 1.165) is 6.07 Å². The van der Waals surface area contributed by atoms with Crippen molar-refractivity contribution < 1.29 is 41.1 Å². The largest absolute Gasteiger partial charge is 0.459 e. The van der Waals surface area contributed by atoms with Crippen molar-refractivity contribution in [2.45, 2.75) is 44.2 Å². The van der Waals surface area contributed by atoms with Gasteiger partial charge in [0.2, 0.25) is 0 Å². The Labute approximate surface area is 169 Å². The normalized spacial score (nSPS) is 24.4. The summed E-state index contributed by atoms with van der Waals surface area (Å²) in [6.45, 7) is 0.153. The quantitative estimate of drug-likeness (QED) is 0.284. The van der Waals surface area contributed by atoms with Crippen LogP contribution in [0.15, 0.2) is 12.1 Å². The van der Waals surface area contributed by atoms with E-state index in [-0.39, 0.29) is 30.7 Å². The number of aromatic nitrogens is 1. The predicted octanol–water partition coefficient (Wildman–Crippen LogP) is 3.68. The number of hydrogen-bond acceptors (Lipinski definition) is 5. The molecule has 164 valence electrons. The topological polar surface area (TPSA) is 73.3 Å². The van der Waals surface area contributed by atoms with Crippen LogP contribution in [0, 0.1) is 17.8 Å². The van der Waals surface area contributed by atoms with E-state index in [1.54, 1.807) is 0 Å². The highest BCUT2D eigenvalue weighted by Gasteiger charge is 2.60. The molecule has 2 saturated carbocycles. The highest BCUT2D eigenvalue weighted by molar-refractivity contribution is 6.26. The van der Waals surface area contributed by atoms with Gasteiger partial charge < -0.3 is 4.74 Å². The SMILES string of the molecule is COCCCc1nc(C(F)(F)C(F)(F)F)ccc1C(=O)C1C(=O)C2CCC(C2)C1=O. The van der Waals surface area contributed by atoms with E-state index < -0.39 is 52.9 Å². The van der Waals surface area contributed by atoms with Crippen LogP contribution >= 0.6 is 0 Å². The summed E-state index contributed by atoms with van der Waals surface area (Å²) in [5, 5.41) is 0. The van der Waals surface area contributed by atoms with Crippen LogP contribution in [-0.2, 0) is 26.7 Å². The number of fused-ring (bicyclic) bond motifs is 2. The first-order valence-corrected chi connectivity index (χ1v) is 9.54. The van der Waals surface area contributed by atoms with Gasteiger partial charge in [0.25, 0.3) is 0 Å². The molecular formula is C20H20F5NO4. The lowest BCUT2D eigenvalue weighted by Crippen LogP contribution is -2.42. The fourth-order valence-corrected chi connectivity index (χ4v) is 4.14. The second-order valence-corrected chi connectivity index (χ2v) is 7.67. The van der Waals surface area contributed by atoms with E-state index in [2.05, 4.69) is 4.98 Å². The molecule has 3 rings (SSSR count). The summed E-state index contributed by atoms with van der Waals surface area (Å²) >= 11 is 0. The van der Waals surface area contributed by atoms with Crippen LogP contribution in [-0.4, -0.2) is 42.2 Å². The molecule has 0 N–H and O–H groups in total. The van der Waals surface area contributed by atoms with E-state index >= 15 is 0 Å². The Kier molecular flexibility index (Phi) is 6.08. The number of nitrogens with zero attached hydrogens (tertiary/aromatic N) is 1. The molecule has 1 aromatic heterocycles. The minimum absolute atomic E-state index is 0.126. The predicted molar refractivity (Wildman–Crippen MR) is 93.0 cm³/mol. The average molecular weight is 433 g/mol. The van der Waals surface area contributed by atoms with Gasteiger partial charge in [0.05, 0.1) is 5.69 Å². The van der Waals surface area contributed by atoms with Crippen molar-refractivity contribution in [1.82, 2.24) is 4.98 Å². The third kappa shape index (κ3) is 3.89. The lowest BCUT2D eigenvalue weighted by Gasteiger charge is -2.25. The number of carbonyl (C=O) groups is 3. The zero-order chi connectivity index (χ0) is 22.3. The number of rotatable bonds is 7. The fourth-order valence-electron chi connectivity index (χ4n) is 4.14. The number of halogens is 5. The molecule has 0 aliphatic heterocycles. The highest BCUT2D eigenvalue weighted by Crippen LogP contribution is 2.44. The second kappa shape index (κ2) is 8.13. The zero-order valence-electron chi connectivity index (χ0n) is 16.1. The van der Waals surface area contributed by atoms with Gasteiger partial charge in [0.15, 0.2) is 17.3 Å². The molecule has 0 saturated heterocycles. The minimum Gasteiger partial charge on any atom is -0.385 e. The first kappa shape index (κ1) is 22.5. The summed E-state index contributed by atoms with van der Waals surface area (Å²) < 4.78 is 70.6. The van der Waals surface area contributed by atoms with Crippen LogP contribution in [0.4, 0.5) is 22.0 Å². The molecule has 0 aromatic carbocycles. The van der Waals surface area contributed by atoms with Crippen LogP contribution in [0.5, 0.6) is 0 Å². The van der Waals surface area contributed by atoms with Crippen molar-refractivity contribution in [3.05, 3.63) is 29.1 Å². The molecule has 0 radical (unpaired) electrons. The third-order valence-electron chi connectivity index (χ3n) is 5.75. The van der Waals surface area contributed by atoms with Gasteiger partial charge in [-0.1, -0.05) is 0 Å². The zero-order valence-corrected chi connectivity index (χ0v) is 16.1. The first-order chi connectivity index (χ1) is 14.0. The molecular weight excluding hydrogens is 413 g/mol. The number of alkyl halides is 5. The molecule has 5 nitrogen and oxygen atoms in total. The lowest BCUT2D eigenvalue weighted by molar-refractivity contribution is -0.291. The summed E-state index contributed by atoms with van der Waals surface area (Å²) in [5.41, 5.74) is -2.13. The maximum atomic E-state index is 13.7. The fraction of sp³-hybridized carbons (Fsp3) is 0.600. The Hall–Kier alpha value is -2.23. The molecule has 2 aliphatic carbocycles. The van der Waals surface area contributed by atoms with Crippen molar-refractivity contribution in [2.24, 2.45) is 17.8 Å². The molecule has 1 heterocycles. The van der Waals surface area contributed by atoms with Gasteiger partial charge in [-0.25, -0.2) is 0 Å². The number of ether oxygens (including phenoxy) is 1. The van der Waals surface area contributed by atoms with E-state index in [0.29, 0.717) is 25.3 Å². The summed E-state index contributed by atoms with van der Waals surface area (Å²) in [7, 11) is 1.38. The molecule has 2 atom stereocenters. The molecule has 0 amide bonds. The Morgan fingerprint density at radius 1 is 1.10 bits per heavy atom. The smallest absolute Gasteiger partial charge is 0.385 e. The molecule has 2 fully saturated rings. The van der Waals surface area contributed by atoms with Gasteiger partial charge in [0.1, 0.15) is 11.6 Å². The monoisotopic (exact) mass is 433 g/mol. The van der Waals surface area contributed by atoms with Gasteiger partial charge in [0, 0.05) is 31.1 Å². The van der Waals surface area contributed by atoms with Crippen LogP contribution in [0.25, 0.3) is 0 Å². The Morgan fingerprint density at radius 2 is 1.70 bits per heavy atom. The molecule has 2 bridgehead atoms. The Morgan fingerprint density at radius 3 is 2.23 bits per heavy atom. The summed E-state index contributed by atoms with van der Waals surface area (Å²) in [5.74, 6) is -9.46. The van der Waals surface area contributed by atoms with Crippen molar-refractivity contribution in [1.29, 1.82) is 0 Å². The number of carbonyl (C=O) groups excluding carboxylic acids is 3. The molecule has 1 aromatic rings. The van der Waals surface area contributed by atoms with Gasteiger partial charge in [-0.3, -0.25) is 19.4 Å². The lowest BCUT2D eigenvalue weighted by atomic mass is 9.75. The van der Waals surface area contributed by atoms with Crippen molar-refractivity contribution >= 4 is 17.3 Å². The number of ketones is 3. The number of methoxy groups -OCH3 is 1. The van der Waals surface area contributed by atoms with Crippen molar-refractivity contribution in [2.75, 3.05) is 13.7 Å². The van der Waals surface area contributed by atoms with Gasteiger partial charge in [-0.2, -0.15) is 22.0 Å². The van der Waals surface area contributed by atoms with E-state index in [1.807, 2.05) is 0 Å². The summed E-state index contributed by atoms with van der Waals surface area (Å²) in [4.78, 5) is 41.6. The van der Waals surface area contributed by atoms with Crippen LogP contribution < -0.4 is 0 Å². The first-order valence-electron chi connectivity index (χ1n) is 9.54. The molecule has 2 unspecified atom stereocenters. The minimum atomic E-state index is -5.86. The number of Topliss-reactive ketones (excluding diaryl/α,β-unsaturated/α-hetero) is 3.